The van der Waals surface area contributed by atoms with Crippen LogP contribution in [0.1, 0.15) is 75.3 Å². The summed E-state index contributed by atoms with van der Waals surface area (Å²) >= 11 is 0. The van der Waals surface area contributed by atoms with Gasteiger partial charge in [-0.1, -0.05) is 44.6 Å². The number of hydrogen-bond donors (Lipinski definition) is 0. The molecule has 1 aromatic rings. The molecule has 1 fully saturated rings. The van der Waals surface area contributed by atoms with E-state index in [2.05, 4.69) is 12.8 Å². The van der Waals surface area contributed by atoms with E-state index in [0.717, 1.165) is 11.5 Å². The summed E-state index contributed by atoms with van der Waals surface area (Å²) in [6, 6.07) is 5.41. The van der Waals surface area contributed by atoms with Crippen molar-refractivity contribution < 1.29 is 4.39 Å². The van der Waals surface area contributed by atoms with Gasteiger partial charge in [0.05, 0.1) is 5.56 Å². The van der Waals surface area contributed by atoms with E-state index in [-0.39, 0.29) is 5.82 Å². The molecule has 0 atom stereocenters. The van der Waals surface area contributed by atoms with Gasteiger partial charge in [-0.15, -0.1) is 6.42 Å². The van der Waals surface area contributed by atoms with Crippen molar-refractivity contribution in [1.82, 2.24) is 0 Å². The highest BCUT2D eigenvalue weighted by molar-refractivity contribution is 5.37. The van der Waals surface area contributed by atoms with Gasteiger partial charge in [0.1, 0.15) is 5.82 Å². The second kappa shape index (κ2) is 7.48. The highest BCUT2D eigenvalue weighted by Gasteiger charge is 2.22. The molecule has 0 unspecified atom stereocenters. The Balaban J connectivity index is 1.87. The fraction of sp³-hybridized carbons (Fsp3) is 0.579. The van der Waals surface area contributed by atoms with Gasteiger partial charge in [-0.05, 0) is 55.2 Å². The molecular weight excluding hydrogens is 247 g/mol. The number of unbranched alkanes of at least 4 members (excludes halogenated alkanes) is 2. The molecule has 1 heteroatoms. The monoisotopic (exact) mass is 272 g/mol. The minimum atomic E-state index is -0.241. The maximum Gasteiger partial charge on any atom is 0.139 e. The molecule has 0 nitrogen and oxygen atoms in total. The summed E-state index contributed by atoms with van der Waals surface area (Å²) < 4.78 is 13.7. The largest absolute Gasteiger partial charge is 0.206 e. The van der Waals surface area contributed by atoms with Crippen LogP contribution < -0.4 is 0 Å². The lowest BCUT2D eigenvalue weighted by Crippen LogP contribution is -2.13. The van der Waals surface area contributed by atoms with Crippen molar-refractivity contribution in [2.45, 2.75) is 64.2 Å². The van der Waals surface area contributed by atoms with Gasteiger partial charge in [0.2, 0.25) is 0 Å². The zero-order valence-electron chi connectivity index (χ0n) is 12.5. The molecule has 20 heavy (non-hydrogen) atoms. The summed E-state index contributed by atoms with van der Waals surface area (Å²) in [5.41, 5.74) is 1.51. The van der Waals surface area contributed by atoms with E-state index in [1.807, 2.05) is 6.07 Å². The van der Waals surface area contributed by atoms with Crippen LogP contribution in [0.15, 0.2) is 18.2 Å². The zero-order chi connectivity index (χ0) is 14.4. The van der Waals surface area contributed by atoms with Gasteiger partial charge in [0, 0.05) is 0 Å². The molecule has 0 spiro atoms. The summed E-state index contributed by atoms with van der Waals surface area (Å²) in [5, 5.41) is 0. The van der Waals surface area contributed by atoms with E-state index in [0.29, 0.717) is 11.5 Å². The standard InChI is InChI=1S/C19H25F/c1-3-5-6-7-15-8-10-17(11-9-15)18-13-12-16(4-2)19(20)14-18/h2,12-15,17H,3,5-11H2,1H3. The second-order valence-electron chi connectivity index (χ2n) is 6.10. The molecular formula is C19H25F. The van der Waals surface area contributed by atoms with Crippen LogP contribution in [-0.4, -0.2) is 0 Å². The Morgan fingerprint density at radius 1 is 1.20 bits per heavy atom. The Bertz CT molecular complexity index is 461. The fourth-order valence-corrected chi connectivity index (χ4v) is 3.37. The van der Waals surface area contributed by atoms with Gasteiger partial charge < -0.3 is 0 Å². The number of terminal acetylenes is 1. The number of hydrogen-bond acceptors (Lipinski definition) is 0. The lowest BCUT2D eigenvalue weighted by Gasteiger charge is -2.29. The molecule has 0 N–H and O–H groups in total. The lowest BCUT2D eigenvalue weighted by atomic mass is 9.77. The average molecular weight is 272 g/mol. The first-order valence-electron chi connectivity index (χ1n) is 8.00. The number of benzene rings is 1. The van der Waals surface area contributed by atoms with E-state index in [1.54, 1.807) is 12.1 Å². The van der Waals surface area contributed by atoms with Gasteiger partial charge in [-0.2, -0.15) is 0 Å². The zero-order valence-corrected chi connectivity index (χ0v) is 12.5. The summed E-state index contributed by atoms with van der Waals surface area (Å²) in [4.78, 5) is 0. The molecule has 1 aliphatic rings. The van der Waals surface area contributed by atoms with Crippen molar-refractivity contribution in [2.24, 2.45) is 5.92 Å². The minimum absolute atomic E-state index is 0.241. The van der Waals surface area contributed by atoms with Gasteiger partial charge >= 0.3 is 0 Å². The number of rotatable bonds is 5. The van der Waals surface area contributed by atoms with E-state index in [4.69, 9.17) is 6.42 Å². The average Bonchev–Trinajstić information content (AvgIpc) is 2.48. The maximum absolute atomic E-state index is 13.7. The molecule has 0 heterocycles. The summed E-state index contributed by atoms with van der Waals surface area (Å²) in [5.74, 6) is 3.57. The molecule has 0 amide bonds. The second-order valence-corrected chi connectivity index (χ2v) is 6.10. The first-order valence-corrected chi connectivity index (χ1v) is 8.00. The Labute approximate surface area is 122 Å². The Morgan fingerprint density at radius 2 is 1.95 bits per heavy atom. The fourth-order valence-electron chi connectivity index (χ4n) is 3.37. The molecule has 2 rings (SSSR count). The number of halogens is 1. The minimum Gasteiger partial charge on any atom is -0.206 e. The van der Waals surface area contributed by atoms with Crippen LogP contribution >= 0.6 is 0 Å². The summed E-state index contributed by atoms with van der Waals surface area (Å²) in [7, 11) is 0. The van der Waals surface area contributed by atoms with Crippen LogP contribution in [0.2, 0.25) is 0 Å². The molecule has 108 valence electrons. The van der Waals surface area contributed by atoms with Gasteiger partial charge in [-0.3, -0.25) is 0 Å². The highest BCUT2D eigenvalue weighted by Crippen LogP contribution is 2.38. The first-order chi connectivity index (χ1) is 9.74. The Hall–Kier alpha value is -1.29. The van der Waals surface area contributed by atoms with E-state index in [1.165, 1.54) is 51.4 Å². The maximum atomic E-state index is 13.7. The van der Waals surface area contributed by atoms with Crippen LogP contribution in [0.25, 0.3) is 0 Å². The van der Waals surface area contributed by atoms with Crippen molar-refractivity contribution in [3.8, 4) is 12.3 Å². The van der Waals surface area contributed by atoms with Gasteiger partial charge in [0.15, 0.2) is 0 Å². The molecule has 0 radical (unpaired) electrons. The van der Waals surface area contributed by atoms with Gasteiger partial charge in [-0.25, -0.2) is 4.39 Å². The molecule has 0 aliphatic heterocycles. The Kier molecular flexibility index (Phi) is 5.65. The quantitative estimate of drug-likeness (QED) is 0.479. The predicted molar refractivity (Wildman–Crippen MR) is 83.2 cm³/mol. The van der Waals surface area contributed by atoms with Crippen molar-refractivity contribution in [2.75, 3.05) is 0 Å². The summed E-state index contributed by atoms with van der Waals surface area (Å²) in [6.45, 7) is 2.26. The van der Waals surface area contributed by atoms with Crippen LogP contribution in [0.5, 0.6) is 0 Å². The van der Waals surface area contributed by atoms with Crippen molar-refractivity contribution in [3.05, 3.63) is 35.1 Å². The topological polar surface area (TPSA) is 0 Å². The normalized spacial score (nSPS) is 22.4. The van der Waals surface area contributed by atoms with E-state index < -0.39 is 0 Å². The smallest absolute Gasteiger partial charge is 0.139 e. The lowest BCUT2D eigenvalue weighted by molar-refractivity contribution is 0.302. The van der Waals surface area contributed by atoms with Crippen LogP contribution in [0.3, 0.4) is 0 Å². The summed E-state index contributed by atoms with van der Waals surface area (Å²) in [6.07, 6.45) is 15.7. The molecule has 1 saturated carbocycles. The Morgan fingerprint density at radius 3 is 2.55 bits per heavy atom. The molecule has 1 aliphatic carbocycles. The van der Waals surface area contributed by atoms with Crippen LogP contribution in [-0.2, 0) is 0 Å². The van der Waals surface area contributed by atoms with Crippen LogP contribution in [0, 0.1) is 24.1 Å². The van der Waals surface area contributed by atoms with Crippen molar-refractivity contribution >= 4 is 0 Å². The molecule has 0 aromatic heterocycles. The molecule has 0 saturated heterocycles. The van der Waals surface area contributed by atoms with Crippen molar-refractivity contribution in [3.63, 3.8) is 0 Å². The third-order valence-electron chi connectivity index (χ3n) is 4.68. The SMILES string of the molecule is C#Cc1ccc(C2CCC(CCCCC)CC2)cc1F. The third kappa shape index (κ3) is 3.85. The molecule has 0 bridgehead atoms. The van der Waals surface area contributed by atoms with E-state index >= 15 is 0 Å². The third-order valence-corrected chi connectivity index (χ3v) is 4.68. The predicted octanol–water partition coefficient (Wildman–Crippen LogP) is 5.66. The van der Waals surface area contributed by atoms with Crippen molar-refractivity contribution in [1.29, 1.82) is 0 Å². The van der Waals surface area contributed by atoms with Gasteiger partial charge in [0.25, 0.3) is 0 Å². The highest BCUT2D eigenvalue weighted by atomic mass is 19.1. The van der Waals surface area contributed by atoms with Crippen LogP contribution in [0.4, 0.5) is 4.39 Å². The molecule has 1 aromatic carbocycles. The first kappa shape index (κ1) is 15.1. The van der Waals surface area contributed by atoms with E-state index in [9.17, 15) is 4.39 Å².